The van der Waals surface area contributed by atoms with Crippen LogP contribution in [0, 0.1) is 5.82 Å². The molecule has 0 atom stereocenters. The van der Waals surface area contributed by atoms with Gasteiger partial charge in [-0.2, -0.15) is 18.3 Å². The Morgan fingerprint density at radius 2 is 1.80 bits per heavy atom. The number of alkyl halides is 3. The number of hydrogen-bond donors (Lipinski definition) is 3. The Kier molecular flexibility index (Phi) is 9.25. The van der Waals surface area contributed by atoms with Crippen molar-refractivity contribution in [2.45, 2.75) is 19.1 Å². The Balaban J connectivity index is 1.42. The summed E-state index contributed by atoms with van der Waals surface area (Å²) in [5, 5.41) is 11.1. The van der Waals surface area contributed by atoms with Gasteiger partial charge in [0.15, 0.2) is 5.65 Å². The highest BCUT2D eigenvalue weighted by Gasteiger charge is 2.32. The quantitative estimate of drug-likeness (QED) is 0.128. The molecule has 14 heteroatoms. The third-order valence-electron chi connectivity index (χ3n) is 6.97. The van der Waals surface area contributed by atoms with Gasteiger partial charge in [-0.05, 0) is 61.0 Å². The molecule has 2 heterocycles. The van der Waals surface area contributed by atoms with E-state index in [9.17, 15) is 22.4 Å². The minimum Gasteiger partial charge on any atom is -0.495 e. The van der Waals surface area contributed by atoms with Crippen LogP contribution in [0.1, 0.15) is 27.9 Å². The van der Waals surface area contributed by atoms with E-state index in [1.807, 2.05) is 24.3 Å². The highest BCUT2D eigenvalue weighted by atomic mass is 19.4. The number of amides is 1. The third-order valence-corrected chi connectivity index (χ3v) is 6.97. The number of nitrogen functional groups attached to an aromatic ring is 1. The molecular formula is C31H29F4N7O3. The zero-order chi connectivity index (χ0) is 32.1. The van der Waals surface area contributed by atoms with E-state index in [1.54, 1.807) is 23.9 Å². The number of halogens is 4. The largest absolute Gasteiger partial charge is 0.495 e. The van der Waals surface area contributed by atoms with Crippen molar-refractivity contribution in [1.29, 1.82) is 0 Å². The van der Waals surface area contributed by atoms with Crippen molar-refractivity contribution < 1.29 is 31.8 Å². The van der Waals surface area contributed by atoms with Gasteiger partial charge in [0.25, 0.3) is 5.91 Å². The highest BCUT2D eigenvalue weighted by molar-refractivity contribution is 6.06. The molecule has 0 spiro atoms. The van der Waals surface area contributed by atoms with Crippen LogP contribution in [-0.4, -0.2) is 53.0 Å². The number of nitrogens with zero attached hydrogens (tertiary/aromatic N) is 4. The molecule has 45 heavy (non-hydrogen) atoms. The van der Waals surface area contributed by atoms with Crippen molar-refractivity contribution in [3.8, 4) is 22.7 Å². The first kappa shape index (κ1) is 31.3. The number of carbonyl (C=O) groups is 1. The molecule has 0 bridgehead atoms. The Bertz CT molecular complexity index is 1830. The Morgan fingerprint density at radius 3 is 2.49 bits per heavy atom. The smallest absolute Gasteiger partial charge is 0.416 e. The van der Waals surface area contributed by atoms with E-state index in [4.69, 9.17) is 20.3 Å². The number of rotatable bonds is 11. The maximum Gasteiger partial charge on any atom is 0.416 e. The predicted molar refractivity (Wildman–Crippen MR) is 161 cm³/mol. The Labute approximate surface area is 255 Å². The van der Waals surface area contributed by atoms with Crippen LogP contribution in [0.2, 0.25) is 0 Å². The standard InChI is InChI=1S/C31H29F4N7O3/c1-44-13-3-12-37-16-18-4-8-21(9-5-18)42-29-26(28(36)38-17-39-29)27(41-42)19-6-11-24(25(14-19)45-2)40-30(43)22-10-7-20(15-23(22)32)31(33,34)35/h4-11,14-15,17,37H,3,12-13,16H2,1-2H3,(H,40,43)(H2,36,38,39). The number of nitrogens with one attached hydrogen (secondary N) is 2. The fourth-order valence-electron chi connectivity index (χ4n) is 4.69. The van der Waals surface area contributed by atoms with Crippen LogP contribution in [0.5, 0.6) is 5.75 Å². The number of ether oxygens (including phenoxy) is 2. The molecule has 0 fully saturated rings. The predicted octanol–water partition coefficient (Wildman–Crippen LogP) is 5.61. The molecule has 0 saturated carbocycles. The molecule has 5 aromatic rings. The van der Waals surface area contributed by atoms with E-state index in [0.717, 1.165) is 30.3 Å². The van der Waals surface area contributed by atoms with Crippen LogP contribution in [0.3, 0.4) is 0 Å². The van der Waals surface area contributed by atoms with Crippen molar-refractivity contribution in [2.24, 2.45) is 0 Å². The van der Waals surface area contributed by atoms with Crippen molar-refractivity contribution in [2.75, 3.05) is 38.4 Å². The minimum atomic E-state index is -4.74. The molecule has 0 aliphatic carbocycles. The molecule has 4 N–H and O–H groups in total. The number of methoxy groups -OCH3 is 2. The van der Waals surface area contributed by atoms with Crippen LogP contribution in [-0.2, 0) is 17.5 Å². The lowest BCUT2D eigenvalue weighted by Gasteiger charge is -2.13. The molecule has 3 aromatic carbocycles. The molecule has 2 aromatic heterocycles. The van der Waals surface area contributed by atoms with Gasteiger partial charge in [-0.15, -0.1) is 0 Å². The average Bonchev–Trinajstić information content (AvgIpc) is 3.42. The number of nitrogens with two attached hydrogens (primary N) is 1. The normalized spacial score (nSPS) is 11.6. The van der Waals surface area contributed by atoms with Crippen molar-refractivity contribution in [3.05, 3.63) is 89.5 Å². The van der Waals surface area contributed by atoms with E-state index < -0.39 is 29.0 Å². The van der Waals surface area contributed by atoms with Gasteiger partial charge >= 0.3 is 6.18 Å². The van der Waals surface area contributed by atoms with Crippen LogP contribution >= 0.6 is 0 Å². The second-order valence-electron chi connectivity index (χ2n) is 9.97. The monoisotopic (exact) mass is 623 g/mol. The summed E-state index contributed by atoms with van der Waals surface area (Å²) >= 11 is 0. The van der Waals surface area contributed by atoms with Crippen molar-refractivity contribution in [3.63, 3.8) is 0 Å². The summed E-state index contributed by atoms with van der Waals surface area (Å²) in [5.41, 5.74) is 7.95. The molecule has 10 nitrogen and oxygen atoms in total. The molecule has 0 radical (unpaired) electrons. The molecule has 0 aliphatic rings. The first-order valence-electron chi connectivity index (χ1n) is 13.8. The lowest BCUT2D eigenvalue weighted by molar-refractivity contribution is -0.137. The number of aromatic nitrogens is 4. The third kappa shape index (κ3) is 6.86. The maximum absolute atomic E-state index is 14.4. The second kappa shape index (κ2) is 13.3. The van der Waals surface area contributed by atoms with Gasteiger partial charge in [-0.25, -0.2) is 19.0 Å². The zero-order valence-corrected chi connectivity index (χ0v) is 24.3. The Morgan fingerprint density at radius 1 is 1.02 bits per heavy atom. The number of hydrogen-bond acceptors (Lipinski definition) is 8. The molecule has 0 saturated heterocycles. The maximum atomic E-state index is 14.4. The fraction of sp³-hybridized carbons (Fsp3) is 0.226. The molecule has 1 amide bonds. The van der Waals surface area contributed by atoms with Gasteiger partial charge in [0.2, 0.25) is 0 Å². The summed E-state index contributed by atoms with van der Waals surface area (Å²) in [6.45, 7) is 2.22. The van der Waals surface area contributed by atoms with Crippen LogP contribution in [0.25, 0.3) is 28.0 Å². The molecule has 0 unspecified atom stereocenters. The second-order valence-corrected chi connectivity index (χ2v) is 9.97. The summed E-state index contributed by atoms with van der Waals surface area (Å²) in [6.07, 6.45) is -2.49. The van der Waals surface area contributed by atoms with Gasteiger partial charge in [0.1, 0.15) is 29.4 Å². The van der Waals surface area contributed by atoms with E-state index >= 15 is 0 Å². The van der Waals surface area contributed by atoms with Gasteiger partial charge in [-0.1, -0.05) is 18.2 Å². The summed E-state index contributed by atoms with van der Waals surface area (Å²) in [6, 6.07) is 14.2. The van der Waals surface area contributed by atoms with Gasteiger partial charge < -0.3 is 25.8 Å². The number of carbonyl (C=O) groups excluding carboxylic acids is 1. The van der Waals surface area contributed by atoms with Crippen LogP contribution in [0.4, 0.5) is 29.1 Å². The molecule has 5 rings (SSSR count). The number of benzene rings is 3. The summed E-state index contributed by atoms with van der Waals surface area (Å²) in [4.78, 5) is 21.3. The zero-order valence-electron chi connectivity index (χ0n) is 24.3. The topological polar surface area (TPSA) is 129 Å². The molecule has 0 aliphatic heterocycles. The van der Waals surface area contributed by atoms with Gasteiger partial charge in [0.05, 0.1) is 35.0 Å². The summed E-state index contributed by atoms with van der Waals surface area (Å²) in [7, 11) is 3.04. The minimum absolute atomic E-state index is 0.157. The number of fused-ring (bicyclic) bond motifs is 1. The van der Waals surface area contributed by atoms with Crippen molar-refractivity contribution in [1.82, 2.24) is 25.1 Å². The summed E-state index contributed by atoms with van der Waals surface area (Å²) in [5.74, 6) is -1.87. The van der Waals surface area contributed by atoms with Crippen LogP contribution in [0.15, 0.2) is 67.0 Å². The lowest BCUT2D eigenvalue weighted by atomic mass is 10.1. The van der Waals surface area contributed by atoms with Gasteiger partial charge in [-0.3, -0.25) is 4.79 Å². The first-order valence-corrected chi connectivity index (χ1v) is 13.8. The van der Waals surface area contributed by atoms with E-state index in [0.29, 0.717) is 41.5 Å². The number of anilines is 2. The highest BCUT2D eigenvalue weighted by Crippen LogP contribution is 2.36. The van der Waals surface area contributed by atoms with E-state index in [1.165, 1.54) is 19.5 Å². The first-order chi connectivity index (χ1) is 21.6. The average molecular weight is 624 g/mol. The Hall–Kier alpha value is -5.08. The lowest BCUT2D eigenvalue weighted by Crippen LogP contribution is -2.16. The fourth-order valence-corrected chi connectivity index (χ4v) is 4.69. The van der Waals surface area contributed by atoms with E-state index in [-0.39, 0.29) is 23.3 Å². The SMILES string of the molecule is COCCCNCc1ccc(-n2nc(-c3ccc(NC(=O)c4ccc(C(F)(F)F)cc4F)c(OC)c3)c3c(N)ncnc32)cc1. The summed E-state index contributed by atoms with van der Waals surface area (Å²) < 4.78 is 65.4. The van der Waals surface area contributed by atoms with Crippen LogP contribution < -0.4 is 21.1 Å². The molecule has 234 valence electrons. The van der Waals surface area contributed by atoms with Crippen molar-refractivity contribution >= 4 is 28.4 Å². The van der Waals surface area contributed by atoms with Gasteiger partial charge in [0, 0.05) is 25.8 Å². The molecular weight excluding hydrogens is 594 g/mol. The van der Waals surface area contributed by atoms with E-state index in [2.05, 4.69) is 20.6 Å².